The summed E-state index contributed by atoms with van der Waals surface area (Å²) in [5, 5.41) is 11.7. The highest BCUT2D eigenvalue weighted by Crippen LogP contribution is 2.20. The van der Waals surface area contributed by atoms with Crippen molar-refractivity contribution in [2.24, 2.45) is 5.73 Å². The van der Waals surface area contributed by atoms with Gasteiger partial charge in [-0.3, -0.25) is 14.5 Å². The van der Waals surface area contributed by atoms with E-state index < -0.39 is 30.0 Å². The maximum atomic E-state index is 12.2. The van der Waals surface area contributed by atoms with Gasteiger partial charge in [-0.25, -0.2) is 4.79 Å². The average Bonchev–Trinajstić information content (AvgIpc) is 2.34. The Labute approximate surface area is 126 Å². The maximum absolute atomic E-state index is 12.2. The van der Waals surface area contributed by atoms with Crippen LogP contribution in [-0.2, 0) is 9.59 Å². The number of urea groups is 1. The maximum Gasteiger partial charge on any atom is 0.323 e. The van der Waals surface area contributed by atoms with Crippen LogP contribution in [0.15, 0.2) is 24.3 Å². The summed E-state index contributed by atoms with van der Waals surface area (Å²) in [6, 6.07) is 5.39. The number of rotatable bonds is 5. The van der Waals surface area contributed by atoms with Crippen LogP contribution in [-0.4, -0.2) is 35.1 Å². The van der Waals surface area contributed by atoms with Gasteiger partial charge in [0.05, 0.1) is 0 Å². The number of anilines is 1. The number of aliphatic carboxylic acids is 1. The van der Waals surface area contributed by atoms with Crippen LogP contribution in [0.5, 0.6) is 0 Å². The molecule has 0 radical (unpaired) electrons. The lowest BCUT2D eigenvalue weighted by Crippen LogP contribution is -2.57. The number of primary amides is 1. The second-order valence-corrected chi connectivity index (χ2v) is 5.32. The van der Waals surface area contributed by atoms with Gasteiger partial charge in [0, 0.05) is 10.7 Å². The lowest BCUT2D eigenvalue weighted by atomic mass is 10.1. The van der Waals surface area contributed by atoms with Crippen molar-refractivity contribution in [1.29, 1.82) is 0 Å². The van der Waals surface area contributed by atoms with Gasteiger partial charge in [0.1, 0.15) is 12.1 Å². The largest absolute Gasteiger partial charge is 0.480 e. The van der Waals surface area contributed by atoms with Crippen molar-refractivity contribution in [3.63, 3.8) is 0 Å². The fraction of sp³-hybridized carbons (Fsp3) is 0.308. The highest BCUT2D eigenvalue weighted by atomic mass is 35.5. The van der Waals surface area contributed by atoms with Crippen LogP contribution < -0.4 is 16.0 Å². The molecule has 7 nitrogen and oxygen atoms in total. The Morgan fingerprint density at radius 2 is 2.00 bits per heavy atom. The molecule has 21 heavy (non-hydrogen) atoms. The highest BCUT2D eigenvalue weighted by Gasteiger charge is 2.30. The van der Waals surface area contributed by atoms with Crippen LogP contribution in [0.25, 0.3) is 0 Å². The van der Waals surface area contributed by atoms with Crippen LogP contribution >= 0.6 is 11.6 Å². The van der Waals surface area contributed by atoms with Gasteiger partial charge in [-0.15, -0.1) is 0 Å². The molecule has 0 unspecified atom stereocenters. The Morgan fingerprint density at radius 1 is 1.38 bits per heavy atom. The van der Waals surface area contributed by atoms with Gasteiger partial charge < -0.3 is 16.2 Å². The second-order valence-electron chi connectivity index (χ2n) is 4.88. The first kappa shape index (κ1) is 16.8. The van der Waals surface area contributed by atoms with E-state index in [0.717, 1.165) is 4.90 Å². The van der Waals surface area contributed by atoms with Gasteiger partial charge in [-0.2, -0.15) is 0 Å². The molecule has 1 rings (SSSR count). The summed E-state index contributed by atoms with van der Waals surface area (Å²) in [7, 11) is 0. The van der Waals surface area contributed by atoms with Crippen LogP contribution in [0.3, 0.4) is 0 Å². The van der Waals surface area contributed by atoms with E-state index in [1.165, 1.54) is 26.0 Å². The number of halogens is 1. The van der Waals surface area contributed by atoms with Gasteiger partial charge >= 0.3 is 12.0 Å². The minimum Gasteiger partial charge on any atom is -0.480 e. The van der Waals surface area contributed by atoms with E-state index in [4.69, 9.17) is 22.4 Å². The Kier molecular flexibility index (Phi) is 5.15. The molecule has 0 aromatic heterocycles. The van der Waals surface area contributed by atoms with Gasteiger partial charge in [0.2, 0.25) is 5.91 Å². The summed E-state index contributed by atoms with van der Waals surface area (Å²) in [5.74, 6) is -1.95. The van der Waals surface area contributed by atoms with Crippen molar-refractivity contribution >= 4 is 35.2 Å². The summed E-state index contributed by atoms with van der Waals surface area (Å²) < 4.78 is 0. The Balaban J connectivity index is 3.06. The van der Waals surface area contributed by atoms with Crippen LogP contribution in [0.4, 0.5) is 10.5 Å². The summed E-state index contributed by atoms with van der Waals surface area (Å²) in [6.45, 7) is 2.26. The van der Waals surface area contributed by atoms with Crippen molar-refractivity contribution in [3.05, 3.63) is 29.3 Å². The SMILES string of the molecule is CC(C)(NC(=O)N(CC(=O)O)c1cccc(Cl)c1)C(N)=O. The smallest absolute Gasteiger partial charge is 0.323 e. The van der Waals surface area contributed by atoms with E-state index in [1.54, 1.807) is 12.1 Å². The Hall–Kier alpha value is -2.28. The topological polar surface area (TPSA) is 113 Å². The molecule has 0 aliphatic rings. The molecule has 114 valence electrons. The molecule has 3 amide bonds. The third kappa shape index (κ3) is 4.64. The van der Waals surface area contributed by atoms with E-state index in [1.807, 2.05) is 0 Å². The molecular weight excluding hydrogens is 298 g/mol. The minimum atomic E-state index is -1.31. The lowest BCUT2D eigenvalue weighted by Gasteiger charge is -2.28. The van der Waals surface area contributed by atoms with Crippen molar-refractivity contribution in [2.45, 2.75) is 19.4 Å². The molecule has 1 aromatic rings. The number of nitrogens with two attached hydrogens (primary N) is 1. The Bertz CT molecular complexity index is 574. The number of hydrogen-bond donors (Lipinski definition) is 3. The van der Waals surface area contributed by atoms with Crippen molar-refractivity contribution < 1.29 is 19.5 Å². The number of benzene rings is 1. The standard InChI is InChI=1S/C13H16ClN3O4/c1-13(2,11(15)20)16-12(21)17(7-10(18)19)9-5-3-4-8(14)6-9/h3-6H,7H2,1-2H3,(H2,15,20)(H,16,21)(H,18,19). The van der Waals surface area contributed by atoms with Crippen molar-refractivity contribution in [1.82, 2.24) is 5.32 Å². The van der Waals surface area contributed by atoms with E-state index >= 15 is 0 Å². The highest BCUT2D eigenvalue weighted by molar-refractivity contribution is 6.30. The molecule has 0 spiro atoms. The van der Waals surface area contributed by atoms with Crippen LogP contribution in [0.1, 0.15) is 13.8 Å². The predicted molar refractivity (Wildman–Crippen MR) is 78.2 cm³/mol. The zero-order chi connectivity index (χ0) is 16.2. The zero-order valence-corrected chi connectivity index (χ0v) is 12.3. The number of carboxylic acids is 1. The lowest BCUT2D eigenvalue weighted by molar-refractivity contribution is -0.135. The third-order valence-corrected chi connectivity index (χ3v) is 2.93. The minimum absolute atomic E-state index is 0.294. The van der Waals surface area contributed by atoms with Crippen LogP contribution in [0.2, 0.25) is 5.02 Å². The molecule has 0 saturated carbocycles. The number of nitrogens with one attached hydrogen (secondary N) is 1. The molecule has 4 N–H and O–H groups in total. The second kappa shape index (κ2) is 6.45. The summed E-state index contributed by atoms with van der Waals surface area (Å²) in [6.07, 6.45) is 0. The monoisotopic (exact) mass is 313 g/mol. The van der Waals surface area contributed by atoms with Gasteiger partial charge in [0.25, 0.3) is 0 Å². The molecule has 1 aromatic carbocycles. The molecule has 0 bridgehead atoms. The number of nitrogens with zero attached hydrogens (tertiary/aromatic N) is 1. The molecular formula is C13H16ClN3O4. The van der Waals surface area contributed by atoms with Crippen LogP contribution in [0, 0.1) is 0 Å². The molecule has 0 aliphatic heterocycles. The summed E-state index contributed by atoms with van der Waals surface area (Å²) in [5.41, 5.74) is 4.15. The number of carbonyl (C=O) groups is 3. The first-order valence-electron chi connectivity index (χ1n) is 6.00. The molecule has 0 fully saturated rings. The normalized spacial score (nSPS) is 10.8. The quantitative estimate of drug-likeness (QED) is 0.758. The molecule has 0 atom stereocenters. The van der Waals surface area contributed by atoms with E-state index in [0.29, 0.717) is 10.7 Å². The summed E-state index contributed by atoms with van der Waals surface area (Å²) >= 11 is 5.83. The van der Waals surface area contributed by atoms with Crippen molar-refractivity contribution in [2.75, 3.05) is 11.4 Å². The number of hydrogen-bond acceptors (Lipinski definition) is 3. The van der Waals surface area contributed by atoms with E-state index in [-0.39, 0.29) is 0 Å². The first-order valence-corrected chi connectivity index (χ1v) is 6.38. The summed E-state index contributed by atoms with van der Waals surface area (Å²) in [4.78, 5) is 35.3. The fourth-order valence-electron chi connectivity index (χ4n) is 1.46. The third-order valence-electron chi connectivity index (χ3n) is 2.69. The molecule has 0 heterocycles. The van der Waals surface area contributed by atoms with E-state index in [9.17, 15) is 14.4 Å². The fourth-order valence-corrected chi connectivity index (χ4v) is 1.64. The average molecular weight is 314 g/mol. The zero-order valence-electron chi connectivity index (χ0n) is 11.6. The molecule has 0 saturated heterocycles. The number of carboxylic acid groups (broad SMARTS) is 1. The number of carbonyl (C=O) groups excluding carboxylic acids is 2. The first-order chi connectivity index (χ1) is 9.63. The van der Waals surface area contributed by atoms with Gasteiger partial charge in [-0.1, -0.05) is 17.7 Å². The molecule has 8 heteroatoms. The van der Waals surface area contributed by atoms with E-state index in [2.05, 4.69) is 5.32 Å². The number of amides is 3. The molecule has 0 aliphatic carbocycles. The van der Waals surface area contributed by atoms with Crippen molar-refractivity contribution in [3.8, 4) is 0 Å². The van der Waals surface area contributed by atoms with Gasteiger partial charge in [-0.05, 0) is 32.0 Å². The Morgan fingerprint density at radius 3 is 2.48 bits per heavy atom. The van der Waals surface area contributed by atoms with Gasteiger partial charge in [0.15, 0.2) is 0 Å². The predicted octanol–water partition coefficient (Wildman–Crippen LogP) is 1.20.